The molecule has 0 radical (unpaired) electrons. The molecule has 0 spiro atoms. The van der Waals surface area contributed by atoms with Crippen LogP contribution in [0, 0.1) is 46.8 Å². The van der Waals surface area contributed by atoms with Gasteiger partial charge in [0, 0.05) is 0 Å². The number of rotatable bonds is 5. The van der Waals surface area contributed by atoms with Gasteiger partial charge >= 0.3 is 0 Å². The third-order valence-electron chi connectivity index (χ3n) is 10.7. The molecule has 8 atom stereocenters. The molecule has 5 rings (SSSR count). The maximum absolute atomic E-state index is 6.53. The average molecular weight is 452 g/mol. The standard InChI is InChI=1S/C29H45N3O/c1-18-8-10-21-20(16-18)9-11-23-22(21)14-15-29(3)24(12-13-25(23)29)19(2)17-32(31)26-6-5-7-27(33-4)28(26)30/h5-7,18,20-25H,2,8-17,30-31H2,1,3-4H3. The third kappa shape index (κ3) is 3.87. The maximum Gasteiger partial charge on any atom is 0.143 e. The number of nitrogens with zero attached hydrogens (tertiary/aromatic N) is 1. The van der Waals surface area contributed by atoms with E-state index in [0.29, 0.717) is 29.3 Å². The van der Waals surface area contributed by atoms with Crippen LogP contribution in [0.2, 0.25) is 0 Å². The van der Waals surface area contributed by atoms with Crippen LogP contribution >= 0.6 is 0 Å². The molecule has 4 aliphatic rings. The molecule has 0 heterocycles. The first-order valence-electron chi connectivity index (χ1n) is 13.5. The maximum atomic E-state index is 6.53. The second-order valence-corrected chi connectivity index (χ2v) is 12.2. The van der Waals surface area contributed by atoms with Gasteiger partial charge in [0.2, 0.25) is 0 Å². The first-order chi connectivity index (χ1) is 15.8. The Hall–Kier alpha value is -1.68. The van der Waals surface area contributed by atoms with Gasteiger partial charge in [-0.05, 0) is 110 Å². The highest BCUT2D eigenvalue weighted by molar-refractivity contribution is 5.73. The number of benzene rings is 1. The van der Waals surface area contributed by atoms with Crippen LogP contribution in [0.15, 0.2) is 30.4 Å². The third-order valence-corrected chi connectivity index (χ3v) is 10.7. The van der Waals surface area contributed by atoms with Crippen LogP contribution < -0.4 is 21.3 Å². The van der Waals surface area contributed by atoms with Crippen LogP contribution in [0.1, 0.15) is 71.6 Å². The van der Waals surface area contributed by atoms with E-state index >= 15 is 0 Å². The smallest absolute Gasteiger partial charge is 0.143 e. The molecule has 0 amide bonds. The molecule has 182 valence electrons. The number of nitrogen functional groups attached to an aromatic ring is 1. The number of hydrazine groups is 1. The molecule has 4 heteroatoms. The fraction of sp³-hybridized carbons (Fsp3) is 0.724. The zero-order valence-corrected chi connectivity index (χ0v) is 21.1. The van der Waals surface area contributed by atoms with Gasteiger partial charge in [-0.3, -0.25) is 0 Å². The average Bonchev–Trinajstić information content (AvgIpc) is 3.16. The summed E-state index contributed by atoms with van der Waals surface area (Å²) in [5.74, 6) is 13.5. The Kier molecular flexibility index (Phi) is 6.18. The van der Waals surface area contributed by atoms with Gasteiger partial charge in [0.25, 0.3) is 0 Å². The summed E-state index contributed by atoms with van der Waals surface area (Å²) < 4.78 is 5.39. The second kappa shape index (κ2) is 8.83. The Bertz CT molecular complexity index is 884. The molecule has 4 fully saturated rings. The lowest BCUT2D eigenvalue weighted by atomic mass is 9.49. The van der Waals surface area contributed by atoms with Crippen LogP contribution in [0.5, 0.6) is 5.75 Å². The van der Waals surface area contributed by atoms with Gasteiger partial charge in [-0.15, -0.1) is 0 Å². The Morgan fingerprint density at radius 2 is 1.88 bits per heavy atom. The van der Waals surface area contributed by atoms with Crippen LogP contribution in [0.4, 0.5) is 11.4 Å². The van der Waals surface area contributed by atoms with Crippen molar-refractivity contribution in [3.05, 3.63) is 30.4 Å². The molecule has 0 saturated heterocycles. The molecule has 0 bridgehead atoms. The molecule has 33 heavy (non-hydrogen) atoms. The highest BCUT2D eigenvalue weighted by Gasteiger charge is 2.57. The molecule has 8 unspecified atom stereocenters. The highest BCUT2D eigenvalue weighted by Crippen LogP contribution is 2.65. The summed E-state index contributed by atoms with van der Waals surface area (Å²) in [6.07, 6.45) is 12.9. The summed E-state index contributed by atoms with van der Waals surface area (Å²) in [5, 5.41) is 1.77. The zero-order chi connectivity index (χ0) is 23.3. The zero-order valence-electron chi connectivity index (χ0n) is 21.1. The molecule has 4 saturated carbocycles. The van der Waals surface area contributed by atoms with E-state index in [2.05, 4.69) is 20.4 Å². The Morgan fingerprint density at radius 1 is 1.09 bits per heavy atom. The van der Waals surface area contributed by atoms with Crippen LogP contribution in [-0.2, 0) is 0 Å². The Labute approximate surface area is 201 Å². The van der Waals surface area contributed by atoms with E-state index in [1.165, 1.54) is 63.4 Å². The van der Waals surface area contributed by atoms with Gasteiger partial charge in [0.05, 0.1) is 25.0 Å². The Balaban J connectivity index is 1.29. The molecule has 1 aromatic carbocycles. The number of hydrogen-bond acceptors (Lipinski definition) is 4. The van der Waals surface area contributed by atoms with Crippen molar-refractivity contribution in [2.45, 2.75) is 71.6 Å². The molecular formula is C29H45N3O. The quantitative estimate of drug-likeness (QED) is 0.235. The van der Waals surface area contributed by atoms with Gasteiger partial charge in [0.1, 0.15) is 5.75 Å². The lowest BCUT2D eigenvalue weighted by Gasteiger charge is -2.56. The molecule has 0 aliphatic heterocycles. The molecule has 4 aliphatic carbocycles. The van der Waals surface area contributed by atoms with Crippen LogP contribution in [-0.4, -0.2) is 13.7 Å². The lowest BCUT2D eigenvalue weighted by Crippen LogP contribution is -2.49. The van der Waals surface area contributed by atoms with Crippen molar-refractivity contribution in [1.29, 1.82) is 0 Å². The summed E-state index contributed by atoms with van der Waals surface area (Å²) in [5.41, 5.74) is 9.40. The SMILES string of the molecule is C=C(CN(N)c1cccc(OC)c1N)C1CCC2C3CCC4CC(C)CCC4C3CCC12C. The van der Waals surface area contributed by atoms with Crippen molar-refractivity contribution in [2.75, 3.05) is 24.4 Å². The minimum absolute atomic E-state index is 0.383. The number of nitrogens with two attached hydrogens (primary N) is 2. The first kappa shape index (κ1) is 23.1. The van der Waals surface area contributed by atoms with Gasteiger partial charge in [0.15, 0.2) is 0 Å². The molecule has 1 aromatic rings. The van der Waals surface area contributed by atoms with E-state index in [1.807, 2.05) is 18.2 Å². The lowest BCUT2D eigenvalue weighted by molar-refractivity contribution is -0.0634. The van der Waals surface area contributed by atoms with E-state index in [1.54, 1.807) is 12.1 Å². The molecule has 4 N–H and O–H groups in total. The van der Waals surface area contributed by atoms with Gasteiger partial charge < -0.3 is 15.5 Å². The van der Waals surface area contributed by atoms with E-state index in [-0.39, 0.29) is 0 Å². The van der Waals surface area contributed by atoms with Gasteiger partial charge in [-0.25, -0.2) is 5.84 Å². The largest absolute Gasteiger partial charge is 0.495 e. The second-order valence-electron chi connectivity index (χ2n) is 12.2. The predicted octanol–water partition coefficient (Wildman–Crippen LogP) is 6.42. The monoisotopic (exact) mass is 451 g/mol. The van der Waals surface area contributed by atoms with Crippen LogP contribution in [0.3, 0.4) is 0 Å². The van der Waals surface area contributed by atoms with Crippen molar-refractivity contribution in [3.63, 3.8) is 0 Å². The van der Waals surface area contributed by atoms with Gasteiger partial charge in [-0.1, -0.05) is 38.5 Å². The molecular weight excluding hydrogens is 406 g/mol. The number of para-hydroxylation sites is 1. The van der Waals surface area contributed by atoms with Crippen molar-refractivity contribution >= 4 is 11.4 Å². The minimum Gasteiger partial charge on any atom is -0.495 e. The van der Waals surface area contributed by atoms with Crippen LogP contribution in [0.25, 0.3) is 0 Å². The van der Waals surface area contributed by atoms with Gasteiger partial charge in [-0.2, -0.15) is 0 Å². The van der Waals surface area contributed by atoms with E-state index in [0.717, 1.165) is 41.2 Å². The summed E-state index contributed by atoms with van der Waals surface area (Å²) >= 11 is 0. The van der Waals surface area contributed by atoms with E-state index in [9.17, 15) is 0 Å². The summed E-state index contributed by atoms with van der Waals surface area (Å²) in [6, 6.07) is 5.80. The van der Waals surface area contributed by atoms with E-state index in [4.69, 9.17) is 16.3 Å². The summed E-state index contributed by atoms with van der Waals surface area (Å²) in [6.45, 7) is 10.3. The van der Waals surface area contributed by atoms with Crippen molar-refractivity contribution in [3.8, 4) is 5.75 Å². The summed E-state index contributed by atoms with van der Waals surface area (Å²) in [4.78, 5) is 0. The number of hydrogen-bond donors (Lipinski definition) is 2. The number of methoxy groups -OCH3 is 1. The normalized spacial score (nSPS) is 39.8. The van der Waals surface area contributed by atoms with Crippen molar-refractivity contribution in [1.82, 2.24) is 0 Å². The fourth-order valence-corrected chi connectivity index (χ4v) is 9.13. The highest BCUT2D eigenvalue weighted by atomic mass is 16.5. The number of anilines is 2. The predicted molar refractivity (Wildman–Crippen MR) is 138 cm³/mol. The fourth-order valence-electron chi connectivity index (χ4n) is 9.13. The minimum atomic E-state index is 0.383. The van der Waals surface area contributed by atoms with Crippen molar-refractivity contribution < 1.29 is 4.74 Å². The number of fused-ring (bicyclic) bond motifs is 5. The number of ether oxygens (including phenoxy) is 1. The Morgan fingerprint density at radius 3 is 2.67 bits per heavy atom. The first-order valence-corrected chi connectivity index (χ1v) is 13.5. The van der Waals surface area contributed by atoms with Crippen molar-refractivity contribution in [2.24, 2.45) is 52.7 Å². The topological polar surface area (TPSA) is 64.5 Å². The molecule has 0 aromatic heterocycles. The van der Waals surface area contributed by atoms with E-state index < -0.39 is 0 Å². The summed E-state index contributed by atoms with van der Waals surface area (Å²) in [7, 11) is 1.65. The molecule has 4 nitrogen and oxygen atoms in total.